The molecule has 1 aliphatic heterocycles. The Balaban J connectivity index is 1.95. The molecule has 0 saturated carbocycles. The molecule has 18 heavy (non-hydrogen) atoms. The van der Waals surface area contributed by atoms with Gasteiger partial charge in [-0.15, -0.1) is 0 Å². The van der Waals surface area contributed by atoms with Crippen molar-refractivity contribution in [1.29, 1.82) is 0 Å². The van der Waals surface area contributed by atoms with Crippen molar-refractivity contribution >= 4 is 5.97 Å². The molecule has 0 fully saturated rings. The van der Waals surface area contributed by atoms with Crippen molar-refractivity contribution < 1.29 is 19.0 Å². The smallest absolute Gasteiger partial charge is 0.303 e. The number of aliphatic carboxylic acids is 1. The number of hydrogen-bond acceptors (Lipinski definition) is 2. The molecule has 4 heteroatoms. The third-order valence-electron chi connectivity index (χ3n) is 3.94. The highest BCUT2D eigenvalue weighted by Gasteiger charge is 2.31. The number of aryl methyl sites for hydroxylation is 1. The van der Waals surface area contributed by atoms with Gasteiger partial charge in [0.1, 0.15) is 0 Å². The first-order chi connectivity index (χ1) is 8.66. The van der Waals surface area contributed by atoms with E-state index in [0.717, 1.165) is 30.4 Å². The number of rotatable bonds is 3. The molecule has 0 amide bonds. The Morgan fingerprint density at radius 3 is 3.11 bits per heavy atom. The van der Waals surface area contributed by atoms with Gasteiger partial charge in [0, 0.05) is 18.4 Å². The molecule has 1 unspecified atom stereocenters. The zero-order valence-electron chi connectivity index (χ0n) is 10.0. The SMILES string of the molecule is O=C(O)CCC1CCc2cc(F)c3c(c21)CCO3. The van der Waals surface area contributed by atoms with Crippen molar-refractivity contribution in [3.63, 3.8) is 0 Å². The van der Waals surface area contributed by atoms with Gasteiger partial charge in [-0.25, -0.2) is 4.39 Å². The Hall–Kier alpha value is -1.58. The van der Waals surface area contributed by atoms with Gasteiger partial charge >= 0.3 is 5.97 Å². The summed E-state index contributed by atoms with van der Waals surface area (Å²) in [5, 5.41) is 8.77. The van der Waals surface area contributed by atoms with Crippen LogP contribution < -0.4 is 4.74 Å². The number of carboxylic acid groups (broad SMARTS) is 1. The zero-order chi connectivity index (χ0) is 12.7. The van der Waals surface area contributed by atoms with E-state index < -0.39 is 5.97 Å². The van der Waals surface area contributed by atoms with Crippen LogP contribution in [0, 0.1) is 5.82 Å². The molecule has 0 radical (unpaired) electrons. The van der Waals surface area contributed by atoms with Crippen LogP contribution in [0.1, 0.15) is 41.9 Å². The summed E-state index contributed by atoms with van der Waals surface area (Å²) in [5.41, 5.74) is 3.20. The van der Waals surface area contributed by atoms with Crippen LogP contribution in [0.15, 0.2) is 6.07 Å². The molecule has 1 N–H and O–H groups in total. The second kappa shape index (κ2) is 4.26. The highest BCUT2D eigenvalue weighted by Crippen LogP contribution is 2.44. The molecule has 1 atom stereocenters. The monoisotopic (exact) mass is 250 g/mol. The molecule has 1 heterocycles. The first kappa shape index (κ1) is 11.5. The van der Waals surface area contributed by atoms with Gasteiger partial charge in [-0.1, -0.05) is 0 Å². The maximum Gasteiger partial charge on any atom is 0.303 e. The van der Waals surface area contributed by atoms with Crippen molar-refractivity contribution in [2.24, 2.45) is 0 Å². The van der Waals surface area contributed by atoms with Crippen molar-refractivity contribution in [3.05, 3.63) is 28.6 Å². The molecule has 0 aromatic heterocycles. The average Bonchev–Trinajstić information content (AvgIpc) is 2.91. The average molecular weight is 250 g/mol. The van der Waals surface area contributed by atoms with Crippen LogP contribution in [-0.2, 0) is 17.6 Å². The summed E-state index contributed by atoms with van der Waals surface area (Å²) in [5.74, 6) is -0.373. The molecular formula is C14H15FO3. The Bertz CT molecular complexity index is 510. The van der Waals surface area contributed by atoms with Gasteiger partial charge in [-0.05, 0) is 42.4 Å². The number of carbonyl (C=O) groups is 1. The summed E-state index contributed by atoms with van der Waals surface area (Å²) in [6.07, 6.45) is 3.35. The minimum absolute atomic E-state index is 0.178. The second-order valence-electron chi connectivity index (χ2n) is 5.01. The highest BCUT2D eigenvalue weighted by molar-refractivity contribution is 5.67. The van der Waals surface area contributed by atoms with E-state index >= 15 is 0 Å². The van der Waals surface area contributed by atoms with Crippen molar-refractivity contribution in [3.8, 4) is 5.75 Å². The van der Waals surface area contributed by atoms with Crippen LogP contribution in [-0.4, -0.2) is 17.7 Å². The molecule has 1 aliphatic carbocycles. The van der Waals surface area contributed by atoms with Crippen LogP contribution in [0.5, 0.6) is 5.75 Å². The van der Waals surface area contributed by atoms with Crippen LogP contribution in [0.2, 0.25) is 0 Å². The van der Waals surface area contributed by atoms with Gasteiger partial charge in [0.15, 0.2) is 11.6 Å². The summed E-state index contributed by atoms with van der Waals surface area (Å²) < 4.78 is 19.1. The number of halogens is 1. The van der Waals surface area contributed by atoms with Crippen molar-refractivity contribution in [2.75, 3.05) is 6.61 Å². The molecule has 3 nitrogen and oxygen atoms in total. The molecule has 0 saturated heterocycles. The summed E-state index contributed by atoms with van der Waals surface area (Å²) in [6, 6.07) is 1.57. The Morgan fingerprint density at radius 2 is 2.33 bits per heavy atom. The minimum atomic E-state index is -0.765. The largest absolute Gasteiger partial charge is 0.490 e. The lowest BCUT2D eigenvalue weighted by Crippen LogP contribution is -2.03. The van der Waals surface area contributed by atoms with E-state index in [9.17, 15) is 9.18 Å². The molecule has 1 aromatic rings. The van der Waals surface area contributed by atoms with Crippen LogP contribution in [0.25, 0.3) is 0 Å². The summed E-state index contributed by atoms with van der Waals surface area (Å²) in [4.78, 5) is 10.7. The Labute approximate surface area is 105 Å². The Kier molecular flexibility index (Phi) is 2.73. The molecular weight excluding hydrogens is 235 g/mol. The molecule has 1 aromatic carbocycles. The fourth-order valence-electron chi connectivity index (χ4n) is 3.19. The number of carboxylic acids is 1. The third kappa shape index (κ3) is 1.76. The maximum atomic E-state index is 13.8. The third-order valence-corrected chi connectivity index (χ3v) is 3.94. The standard InChI is InChI=1S/C14H15FO3/c15-11-7-9-2-1-8(3-4-12(16)17)13(9)10-5-6-18-14(10)11/h7-8H,1-6H2,(H,16,17). The highest BCUT2D eigenvalue weighted by atomic mass is 19.1. The van der Waals surface area contributed by atoms with E-state index in [2.05, 4.69) is 0 Å². The summed E-state index contributed by atoms with van der Waals surface area (Å²) in [6.45, 7) is 0.536. The molecule has 2 aliphatic rings. The molecule has 3 rings (SSSR count). The fourth-order valence-corrected chi connectivity index (χ4v) is 3.19. The van der Waals surface area contributed by atoms with E-state index in [1.165, 1.54) is 5.56 Å². The van der Waals surface area contributed by atoms with Gasteiger partial charge in [-0.2, -0.15) is 0 Å². The normalized spacial score (nSPS) is 20.4. The number of hydrogen-bond donors (Lipinski definition) is 1. The first-order valence-electron chi connectivity index (χ1n) is 6.35. The first-order valence-corrected chi connectivity index (χ1v) is 6.35. The number of benzene rings is 1. The van der Waals surface area contributed by atoms with E-state index in [0.29, 0.717) is 18.8 Å². The van der Waals surface area contributed by atoms with Gasteiger partial charge in [-0.3, -0.25) is 4.79 Å². The molecule has 0 spiro atoms. The van der Waals surface area contributed by atoms with E-state index in [1.807, 2.05) is 0 Å². The minimum Gasteiger partial charge on any atom is -0.490 e. The maximum absolute atomic E-state index is 13.8. The summed E-state index contributed by atoms with van der Waals surface area (Å²) in [7, 11) is 0. The second-order valence-corrected chi connectivity index (χ2v) is 5.01. The predicted octanol–water partition coefficient (Wildman–Crippen LogP) is 2.66. The molecule has 0 bridgehead atoms. The van der Waals surface area contributed by atoms with Crippen molar-refractivity contribution in [2.45, 2.75) is 38.0 Å². The lowest BCUT2D eigenvalue weighted by Gasteiger charge is -2.14. The number of fused-ring (bicyclic) bond motifs is 3. The number of ether oxygens (including phenoxy) is 1. The Morgan fingerprint density at radius 1 is 1.50 bits per heavy atom. The lowest BCUT2D eigenvalue weighted by molar-refractivity contribution is -0.137. The van der Waals surface area contributed by atoms with Crippen molar-refractivity contribution in [1.82, 2.24) is 0 Å². The van der Waals surface area contributed by atoms with Crippen LogP contribution in [0.4, 0.5) is 4.39 Å². The van der Waals surface area contributed by atoms with Gasteiger partial charge < -0.3 is 9.84 Å². The summed E-state index contributed by atoms with van der Waals surface area (Å²) >= 11 is 0. The predicted molar refractivity (Wildman–Crippen MR) is 63.5 cm³/mol. The fraction of sp³-hybridized carbons (Fsp3) is 0.500. The van der Waals surface area contributed by atoms with Gasteiger partial charge in [0.2, 0.25) is 0 Å². The van der Waals surface area contributed by atoms with E-state index in [4.69, 9.17) is 9.84 Å². The van der Waals surface area contributed by atoms with E-state index in [-0.39, 0.29) is 18.2 Å². The van der Waals surface area contributed by atoms with Gasteiger partial charge in [0.05, 0.1) is 6.61 Å². The topological polar surface area (TPSA) is 46.5 Å². The molecule has 96 valence electrons. The van der Waals surface area contributed by atoms with E-state index in [1.54, 1.807) is 6.07 Å². The van der Waals surface area contributed by atoms with Crippen LogP contribution in [0.3, 0.4) is 0 Å². The van der Waals surface area contributed by atoms with Crippen LogP contribution >= 0.6 is 0 Å². The van der Waals surface area contributed by atoms with Gasteiger partial charge in [0.25, 0.3) is 0 Å². The quantitative estimate of drug-likeness (QED) is 0.897. The zero-order valence-corrected chi connectivity index (χ0v) is 10.0. The lowest BCUT2D eigenvalue weighted by atomic mass is 9.91.